The number of anilines is 2. The van der Waals surface area contributed by atoms with Crippen LogP contribution in [-0.4, -0.2) is 27.5 Å². The molecule has 2 aromatic heterocycles. The number of hydrogen-bond acceptors (Lipinski definition) is 8. The number of esters is 1. The van der Waals surface area contributed by atoms with Crippen LogP contribution in [-0.2, 0) is 4.74 Å². The summed E-state index contributed by atoms with van der Waals surface area (Å²) in [6.07, 6.45) is 0. The zero-order valence-corrected chi connectivity index (χ0v) is 15.2. The molecule has 0 unspecified atom stereocenters. The minimum Gasteiger partial charge on any atom is -0.462 e. The van der Waals surface area contributed by atoms with Crippen molar-refractivity contribution in [1.82, 2.24) is 9.97 Å². The number of thiophene rings is 1. The number of hydrogen-bond donors (Lipinski definition) is 1. The van der Waals surface area contributed by atoms with Gasteiger partial charge in [0.25, 0.3) is 5.69 Å². The highest BCUT2D eigenvalue weighted by Gasteiger charge is 2.21. The average Bonchev–Trinajstić information content (AvgIpc) is 2.92. The van der Waals surface area contributed by atoms with Crippen LogP contribution < -0.4 is 5.32 Å². The molecular weight excluding hydrogens is 356 g/mol. The van der Waals surface area contributed by atoms with Crippen molar-refractivity contribution in [2.45, 2.75) is 20.8 Å². The first-order chi connectivity index (χ1) is 12.4. The van der Waals surface area contributed by atoms with E-state index >= 15 is 0 Å². The van der Waals surface area contributed by atoms with E-state index in [-0.39, 0.29) is 12.3 Å². The summed E-state index contributed by atoms with van der Waals surface area (Å²) in [4.78, 5) is 32.6. The summed E-state index contributed by atoms with van der Waals surface area (Å²) in [5, 5.41) is 14.8. The normalized spacial score (nSPS) is 10.7. The van der Waals surface area contributed by atoms with Gasteiger partial charge in [-0.1, -0.05) is 6.07 Å². The van der Waals surface area contributed by atoms with Gasteiger partial charge in [0.15, 0.2) is 0 Å². The number of benzene rings is 1. The summed E-state index contributed by atoms with van der Waals surface area (Å²) in [5.41, 5.74) is 1.23. The highest BCUT2D eigenvalue weighted by molar-refractivity contribution is 7.20. The van der Waals surface area contributed by atoms with Gasteiger partial charge in [-0.15, -0.1) is 11.3 Å². The number of nitro benzene ring substituents is 1. The Hall–Kier alpha value is -3.07. The number of aromatic nitrogens is 2. The van der Waals surface area contributed by atoms with Crippen LogP contribution in [0.15, 0.2) is 24.3 Å². The number of aryl methyl sites for hydroxylation is 2. The molecule has 0 aliphatic heterocycles. The third-order valence-electron chi connectivity index (χ3n) is 3.68. The van der Waals surface area contributed by atoms with Gasteiger partial charge in [-0.3, -0.25) is 10.1 Å². The van der Waals surface area contributed by atoms with Crippen LogP contribution in [0.3, 0.4) is 0 Å². The van der Waals surface area contributed by atoms with E-state index < -0.39 is 10.9 Å². The molecule has 3 aromatic rings. The highest BCUT2D eigenvalue weighted by Crippen LogP contribution is 2.35. The first kappa shape index (κ1) is 17.7. The molecule has 8 nitrogen and oxygen atoms in total. The number of non-ortho nitro benzene ring substituents is 1. The number of nitro groups is 1. The minimum atomic E-state index is -0.458. The van der Waals surface area contributed by atoms with E-state index in [4.69, 9.17) is 4.74 Å². The van der Waals surface area contributed by atoms with Crippen LogP contribution in [0.2, 0.25) is 0 Å². The minimum absolute atomic E-state index is 0.0220. The van der Waals surface area contributed by atoms with Gasteiger partial charge in [0.2, 0.25) is 0 Å². The maximum atomic E-state index is 12.2. The Kier molecular flexibility index (Phi) is 4.81. The molecule has 0 radical (unpaired) electrons. The fourth-order valence-electron chi connectivity index (χ4n) is 2.56. The number of fused-ring (bicyclic) bond motifs is 1. The lowest BCUT2D eigenvalue weighted by Crippen LogP contribution is -2.04. The molecular formula is C17H16N4O4S. The molecule has 0 atom stereocenters. The summed E-state index contributed by atoms with van der Waals surface area (Å²) in [5.74, 6) is 0.631. The second-order valence-corrected chi connectivity index (χ2v) is 6.51. The smallest absolute Gasteiger partial charge is 0.348 e. The molecule has 1 N–H and O–H groups in total. The Morgan fingerprint density at radius 1 is 1.35 bits per heavy atom. The molecule has 0 saturated carbocycles. The van der Waals surface area contributed by atoms with E-state index in [2.05, 4.69) is 15.3 Å². The van der Waals surface area contributed by atoms with Crippen LogP contribution in [0.5, 0.6) is 0 Å². The molecule has 0 spiro atoms. The Morgan fingerprint density at radius 3 is 2.81 bits per heavy atom. The molecule has 0 bridgehead atoms. The zero-order valence-electron chi connectivity index (χ0n) is 14.4. The standard InChI is InChI=1S/C17H16N4O4S/c1-4-25-17(22)14-9(2)13-15(18-10(3)19-16(13)26-14)20-11-6-5-7-12(8-11)21(23)24/h5-8H,4H2,1-3H3,(H,18,19,20). The van der Waals surface area contributed by atoms with Gasteiger partial charge in [-0.05, 0) is 32.4 Å². The molecule has 3 rings (SSSR count). The molecule has 1 aromatic carbocycles. The quantitative estimate of drug-likeness (QED) is 0.407. The predicted molar refractivity (Wildman–Crippen MR) is 99.2 cm³/mol. The third kappa shape index (κ3) is 3.33. The van der Waals surface area contributed by atoms with Crippen molar-refractivity contribution in [3.63, 3.8) is 0 Å². The second-order valence-electron chi connectivity index (χ2n) is 5.51. The van der Waals surface area contributed by atoms with Gasteiger partial charge >= 0.3 is 5.97 Å². The predicted octanol–water partition coefficient (Wildman–Crippen LogP) is 4.14. The van der Waals surface area contributed by atoms with Crippen molar-refractivity contribution in [2.75, 3.05) is 11.9 Å². The second kappa shape index (κ2) is 7.04. The molecule has 0 aliphatic rings. The first-order valence-electron chi connectivity index (χ1n) is 7.87. The molecule has 9 heteroatoms. The number of rotatable bonds is 5. The van der Waals surface area contributed by atoms with Crippen molar-refractivity contribution in [2.24, 2.45) is 0 Å². The molecule has 2 heterocycles. The summed E-state index contributed by atoms with van der Waals surface area (Å²) in [6.45, 7) is 5.59. The Balaban J connectivity index is 2.09. The Morgan fingerprint density at radius 2 is 2.12 bits per heavy atom. The summed E-state index contributed by atoms with van der Waals surface area (Å²) in [6, 6.07) is 6.15. The fourth-order valence-corrected chi connectivity index (χ4v) is 3.68. The fraction of sp³-hybridized carbons (Fsp3) is 0.235. The molecule has 0 fully saturated rings. The van der Waals surface area contributed by atoms with Crippen LogP contribution in [0, 0.1) is 24.0 Å². The molecule has 0 aliphatic carbocycles. The van der Waals surface area contributed by atoms with E-state index in [0.717, 1.165) is 5.56 Å². The van der Waals surface area contributed by atoms with E-state index in [1.54, 1.807) is 26.0 Å². The van der Waals surface area contributed by atoms with Gasteiger partial charge in [0.05, 0.1) is 16.9 Å². The van der Waals surface area contributed by atoms with Crippen LogP contribution in [0.25, 0.3) is 10.2 Å². The van der Waals surface area contributed by atoms with Crippen molar-refractivity contribution in [3.05, 3.63) is 50.6 Å². The van der Waals surface area contributed by atoms with E-state index in [1.165, 1.54) is 23.5 Å². The maximum Gasteiger partial charge on any atom is 0.348 e. The maximum absolute atomic E-state index is 12.2. The largest absolute Gasteiger partial charge is 0.462 e. The topological polar surface area (TPSA) is 107 Å². The number of carbonyl (C=O) groups excluding carboxylic acids is 1. The van der Waals surface area contributed by atoms with Crippen molar-refractivity contribution in [1.29, 1.82) is 0 Å². The Bertz CT molecular complexity index is 1020. The monoisotopic (exact) mass is 372 g/mol. The number of ether oxygens (including phenoxy) is 1. The van der Waals surface area contributed by atoms with E-state index in [0.29, 0.717) is 32.4 Å². The van der Waals surface area contributed by atoms with Gasteiger partial charge in [0.1, 0.15) is 21.3 Å². The van der Waals surface area contributed by atoms with Crippen molar-refractivity contribution < 1.29 is 14.5 Å². The van der Waals surface area contributed by atoms with Gasteiger partial charge in [-0.25, -0.2) is 14.8 Å². The van der Waals surface area contributed by atoms with E-state index in [1.807, 2.05) is 6.92 Å². The molecule has 0 amide bonds. The molecule has 26 heavy (non-hydrogen) atoms. The number of carbonyl (C=O) groups is 1. The summed E-state index contributed by atoms with van der Waals surface area (Å²) in [7, 11) is 0. The summed E-state index contributed by atoms with van der Waals surface area (Å²) < 4.78 is 5.10. The summed E-state index contributed by atoms with van der Waals surface area (Å²) >= 11 is 1.25. The molecule has 0 saturated heterocycles. The molecule has 134 valence electrons. The number of nitrogens with one attached hydrogen (secondary N) is 1. The third-order valence-corrected chi connectivity index (χ3v) is 4.85. The van der Waals surface area contributed by atoms with Gasteiger partial charge < -0.3 is 10.1 Å². The zero-order chi connectivity index (χ0) is 18.8. The van der Waals surface area contributed by atoms with Crippen LogP contribution >= 0.6 is 11.3 Å². The lowest BCUT2D eigenvalue weighted by Gasteiger charge is -2.08. The Labute approximate surface area is 153 Å². The first-order valence-corrected chi connectivity index (χ1v) is 8.68. The SMILES string of the molecule is CCOC(=O)c1sc2nc(C)nc(Nc3cccc([N+](=O)[O-])c3)c2c1C. The van der Waals surface area contributed by atoms with Crippen LogP contribution in [0.4, 0.5) is 17.2 Å². The van der Waals surface area contributed by atoms with Crippen LogP contribution in [0.1, 0.15) is 28.0 Å². The van der Waals surface area contributed by atoms with Gasteiger partial charge in [0, 0.05) is 17.8 Å². The highest BCUT2D eigenvalue weighted by atomic mass is 32.1. The number of nitrogens with zero attached hydrogens (tertiary/aromatic N) is 3. The van der Waals surface area contributed by atoms with Crippen molar-refractivity contribution >= 4 is 44.7 Å². The van der Waals surface area contributed by atoms with Crippen molar-refractivity contribution in [3.8, 4) is 0 Å². The lowest BCUT2D eigenvalue weighted by atomic mass is 10.2. The van der Waals surface area contributed by atoms with E-state index in [9.17, 15) is 14.9 Å². The van der Waals surface area contributed by atoms with Gasteiger partial charge in [-0.2, -0.15) is 0 Å². The average molecular weight is 372 g/mol. The lowest BCUT2D eigenvalue weighted by molar-refractivity contribution is -0.384.